The van der Waals surface area contributed by atoms with E-state index in [0.29, 0.717) is 6.42 Å². The predicted molar refractivity (Wildman–Crippen MR) is 74.6 cm³/mol. The molecule has 0 fully saturated rings. The van der Waals surface area contributed by atoms with Gasteiger partial charge in [0.15, 0.2) is 0 Å². The molecule has 0 aromatic carbocycles. The van der Waals surface area contributed by atoms with E-state index in [0.717, 1.165) is 25.7 Å². The van der Waals surface area contributed by atoms with Crippen LogP contribution in [0.3, 0.4) is 0 Å². The third-order valence-electron chi connectivity index (χ3n) is 2.79. The van der Waals surface area contributed by atoms with Crippen molar-refractivity contribution in [3.8, 4) is 0 Å². The lowest BCUT2D eigenvalue weighted by molar-refractivity contribution is -0.0981. The van der Waals surface area contributed by atoms with Crippen molar-refractivity contribution < 1.29 is 13.2 Å². The van der Waals surface area contributed by atoms with Gasteiger partial charge in [0.05, 0.1) is 13.5 Å². The molecule has 1 rings (SSSR count). The van der Waals surface area contributed by atoms with Crippen molar-refractivity contribution >= 4 is 43.6 Å². The minimum Gasteiger partial charge on any atom is -0.166 e. The summed E-state index contributed by atoms with van der Waals surface area (Å²) in [6, 6.07) is 0. The molecule has 0 bridgehead atoms. The molecule has 2 atom stereocenters. The van der Waals surface area contributed by atoms with E-state index in [-0.39, 0.29) is 13.5 Å². The summed E-state index contributed by atoms with van der Waals surface area (Å²) in [7, 11) is 0. The quantitative estimate of drug-likeness (QED) is 0.393. The Labute approximate surface area is 121 Å². The van der Waals surface area contributed by atoms with Crippen LogP contribution in [0.1, 0.15) is 39.0 Å². The maximum absolute atomic E-state index is 12.9. The normalized spacial score (nSPS) is 25.8. The molecule has 17 heavy (non-hydrogen) atoms. The van der Waals surface area contributed by atoms with Gasteiger partial charge in [-0.1, -0.05) is 48.5 Å². The molecule has 1 heterocycles. The minimum absolute atomic E-state index is 0.157. The number of rotatable bonds is 5. The fourth-order valence-corrected chi connectivity index (χ4v) is 5.90. The molecule has 0 nitrogen and oxygen atoms in total. The summed E-state index contributed by atoms with van der Waals surface area (Å²) in [5.41, 5.74) is -0.388. The summed E-state index contributed by atoms with van der Waals surface area (Å²) in [5.74, 6) is -0.425. The fourth-order valence-electron chi connectivity index (χ4n) is 1.91. The molecule has 0 aliphatic carbocycles. The van der Waals surface area contributed by atoms with Gasteiger partial charge in [-0.3, -0.25) is 0 Å². The third kappa shape index (κ3) is 4.46. The molecule has 1 aliphatic rings. The van der Waals surface area contributed by atoms with Crippen LogP contribution in [0, 0.1) is 5.92 Å². The monoisotopic (exact) mass is 394 g/mol. The molecule has 0 amide bonds. The maximum Gasteiger partial charge on any atom is 0.414 e. The highest BCUT2D eigenvalue weighted by molar-refractivity contribution is 9.15. The van der Waals surface area contributed by atoms with E-state index in [9.17, 15) is 13.2 Å². The fraction of sp³-hybridized carbons (Fsp3) is 0.818. The van der Waals surface area contributed by atoms with E-state index in [1.54, 1.807) is 0 Å². The summed E-state index contributed by atoms with van der Waals surface area (Å²) >= 11 is 7.60. The van der Waals surface area contributed by atoms with E-state index in [1.807, 2.05) is 0 Å². The minimum atomic E-state index is -4.22. The summed E-state index contributed by atoms with van der Waals surface area (Å²) in [6.07, 6.45) is 0.458. The molecule has 0 aromatic rings. The van der Waals surface area contributed by atoms with Gasteiger partial charge in [0.25, 0.3) is 0 Å². The second-order valence-corrected chi connectivity index (χ2v) is 8.17. The van der Waals surface area contributed by atoms with Crippen molar-refractivity contribution in [2.75, 3.05) is 0 Å². The van der Waals surface area contributed by atoms with Gasteiger partial charge in [-0.15, -0.1) is 11.8 Å². The first-order valence-corrected chi connectivity index (χ1v) is 8.24. The predicted octanol–water partition coefficient (Wildman–Crippen LogP) is 6.21. The van der Waals surface area contributed by atoms with Crippen LogP contribution in [-0.2, 0) is 0 Å². The summed E-state index contributed by atoms with van der Waals surface area (Å²) in [6.45, 7) is 2.09. The van der Waals surface area contributed by atoms with Gasteiger partial charge in [-0.2, -0.15) is 13.2 Å². The van der Waals surface area contributed by atoms with E-state index in [2.05, 4.69) is 38.8 Å². The Morgan fingerprint density at radius 3 is 2.41 bits per heavy atom. The molecule has 0 radical (unpaired) electrons. The molecule has 0 spiro atoms. The Kier molecular flexibility index (Phi) is 6.40. The number of unbranched alkanes of at least 4 members (excludes halogenated alkanes) is 3. The first-order chi connectivity index (χ1) is 7.88. The number of hydrogen-bond acceptors (Lipinski definition) is 1. The van der Waals surface area contributed by atoms with Crippen LogP contribution in [0.15, 0.2) is 9.39 Å². The van der Waals surface area contributed by atoms with Crippen LogP contribution in [0.25, 0.3) is 0 Å². The SMILES string of the molecule is CCCCCCC1C(C(F)(F)F)=C(Br)SC1Br. The number of hydrogen-bond donors (Lipinski definition) is 0. The van der Waals surface area contributed by atoms with E-state index in [4.69, 9.17) is 0 Å². The summed E-state index contributed by atoms with van der Waals surface area (Å²) < 4.78 is 38.7. The van der Waals surface area contributed by atoms with Crippen LogP contribution in [0.5, 0.6) is 0 Å². The van der Waals surface area contributed by atoms with Crippen molar-refractivity contribution in [2.24, 2.45) is 5.92 Å². The Morgan fingerprint density at radius 2 is 1.88 bits per heavy atom. The van der Waals surface area contributed by atoms with Crippen LogP contribution in [-0.4, -0.2) is 10.3 Å². The molecule has 0 aromatic heterocycles. The zero-order valence-corrected chi connectivity index (χ0v) is 13.5. The highest BCUT2D eigenvalue weighted by atomic mass is 79.9. The first-order valence-electron chi connectivity index (χ1n) is 5.65. The molecule has 1 aliphatic heterocycles. The van der Waals surface area contributed by atoms with Gasteiger partial charge in [0.1, 0.15) is 0 Å². The van der Waals surface area contributed by atoms with E-state index in [1.165, 1.54) is 11.8 Å². The van der Waals surface area contributed by atoms with Crippen LogP contribution in [0.2, 0.25) is 0 Å². The number of thioether (sulfide) groups is 1. The second-order valence-electron chi connectivity index (χ2n) is 4.11. The number of halogens is 5. The summed E-state index contributed by atoms with van der Waals surface area (Å²) in [4.78, 5) is 0. The molecular weight excluding hydrogens is 381 g/mol. The Morgan fingerprint density at radius 1 is 1.24 bits per heavy atom. The molecule has 0 saturated carbocycles. The Hall–Kier alpha value is 0.840. The standard InChI is InChI=1S/C11H15Br2F3S/c1-2-3-4-5-6-7-8(11(14,15)16)10(13)17-9(7)12/h7,9H,2-6H2,1H3. The smallest absolute Gasteiger partial charge is 0.166 e. The van der Waals surface area contributed by atoms with E-state index < -0.39 is 12.1 Å². The highest BCUT2D eigenvalue weighted by Crippen LogP contribution is 2.54. The lowest BCUT2D eigenvalue weighted by atomic mass is 9.95. The molecule has 100 valence electrons. The van der Waals surface area contributed by atoms with Crippen molar-refractivity contribution in [1.29, 1.82) is 0 Å². The third-order valence-corrected chi connectivity index (χ3v) is 5.96. The zero-order valence-electron chi connectivity index (χ0n) is 9.49. The number of alkyl halides is 4. The molecule has 0 N–H and O–H groups in total. The van der Waals surface area contributed by atoms with E-state index >= 15 is 0 Å². The lowest BCUT2D eigenvalue weighted by Gasteiger charge is -2.19. The van der Waals surface area contributed by atoms with Crippen LogP contribution in [0.4, 0.5) is 13.2 Å². The first kappa shape index (κ1) is 15.9. The van der Waals surface area contributed by atoms with Crippen LogP contribution < -0.4 is 0 Å². The lowest BCUT2D eigenvalue weighted by Crippen LogP contribution is -2.21. The van der Waals surface area contributed by atoms with Gasteiger partial charge in [-0.05, 0) is 22.4 Å². The van der Waals surface area contributed by atoms with Gasteiger partial charge < -0.3 is 0 Å². The molecular formula is C11H15Br2F3S. The molecule has 2 unspecified atom stereocenters. The molecule has 0 saturated heterocycles. The average Bonchev–Trinajstić information content (AvgIpc) is 2.47. The second kappa shape index (κ2) is 6.85. The highest BCUT2D eigenvalue weighted by Gasteiger charge is 2.47. The van der Waals surface area contributed by atoms with Crippen molar-refractivity contribution in [3.05, 3.63) is 9.39 Å². The Balaban J connectivity index is 2.62. The maximum atomic E-state index is 12.9. The topological polar surface area (TPSA) is 0 Å². The average molecular weight is 396 g/mol. The largest absolute Gasteiger partial charge is 0.414 e. The zero-order chi connectivity index (χ0) is 13.1. The van der Waals surface area contributed by atoms with Gasteiger partial charge >= 0.3 is 6.18 Å². The van der Waals surface area contributed by atoms with Crippen LogP contribution >= 0.6 is 43.6 Å². The van der Waals surface area contributed by atoms with Crippen molar-refractivity contribution in [2.45, 2.75) is 49.4 Å². The molecule has 6 heteroatoms. The Bertz CT molecular complexity index is 289. The van der Waals surface area contributed by atoms with Crippen molar-refractivity contribution in [1.82, 2.24) is 0 Å². The van der Waals surface area contributed by atoms with Gasteiger partial charge in [0, 0.05) is 5.92 Å². The summed E-state index contributed by atoms with van der Waals surface area (Å²) in [5, 5.41) is 0. The number of allylic oxidation sites excluding steroid dienone is 1. The van der Waals surface area contributed by atoms with Gasteiger partial charge in [0.2, 0.25) is 0 Å². The van der Waals surface area contributed by atoms with Crippen molar-refractivity contribution in [3.63, 3.8) is 0 Å². The van der Waals surface area contributed by atoms with Gasteiger partial charge in [-0.25, -0.2) is 0 Å².